The summed E-state index contributed by atoms with van der Waals surface area (Å²) in [4.78, 5) is 38.3. The lowest BCUT2D eigenvalue weighted by Gasteiger charge is -2.31. The van der Waals surface area contributed by atoms with E-state index in [2.05, 4.69) is 10.6 Å². The van der Waals surface area contributed by atoms with Crippen LogP contribution in [0.4, 0.5) is 11.4 Å². The Labute approximate surface area is 186 Å². The van der Waals surface area contributed by atoms with Crippen molar-refractivity contribution in [3.8, 4) is 5.75 Å². The van der Waals surface area contributed by atoms with Crippen molar-refractivity contribution in [1.82, 2.24) is 4.90 Å². The third-order valence-electron chi connectivity index (χ3n) is 5.10. The molecule has 0 unspecified atom stereocenters. The molecule has 2 aromatic carbocycles. The molecule has 0 spiro atoms. The molecule has 8 heteroatoms. The van der Waals surface area contributed by atoms with Crippen LogP contribution in [0.5, 0.6) is 5.75 Å². The first kappa shape index (κ1) is 22.6. The second-order valence-corrected chi connectivity index (χ2v) is 7.86. The Morgan fingerprint density at radius 1 is 1.03 bits per heavy atom. The molecule has 3 amide bonds. The zero-order valence-electron chi connectivity index (χ0n) is 17.4. The van der Waals surface area contributed by atoms with Crippen LogP contribution in [0.2, 0.25) is 5.02 Å². The second kappa shape index (κ2) is 10.8. The molecule has 31 heavy (non-hydrogen) atoms. The molecule has 0 radical (unpaired) electrons. The van der Waals surface area contributed by atoms with Crippen LogP contribution in [0, 0.1) is 5.92 Å². The summed E-state index contributed by atoms with van der Waals surface area (Å²) < 4.78 is 5.59. The van der Waals surface area contributed by atoms with Crippen LogP contribution in [-0.4, -0.2) is 42.3 Å². The van der Waals surface area contributed by atoms with Gasteiger partial charge in [-0.05, 0) is 43.2 Å². The molecule has 1 saturated heterocycles. The zero-order chi connectivity index (χ0) is 22.2. The molecule has 0 aliphatic carbocycles. The minimum Gasteiger partial charge on any atom is -0.493 e. The number of amides is 3. The average molecular weight is 444 g/mol. The second-order valence-electron chi connectivity index (χ2n) is 7.43. The molecular formula is C23H26ClN3O4. The molecule has 164 valence electrons. The van der Waals surface area contributed by atoms with Crippen molar-refractivity contribution in [2.75, 3.05) is 30.3 Å². The molecule has 7 nitrogen and oxygen atoms in total. The highest BCUT2D eigenvalue weighted by Gasteiger charge is 2.27. The predicted molar refractivity (Wildman–Crippen MR) is 120 cm³/mol. The monoisotopic (exact) mass is 443 g/mol. The van der Waals surface area contributed by atoms with Gasteiger partial charge in [0, 0.05) is 31.0 Å². The van der Waals surface area contributed by atoms with Crippen LogP contribution in [-0.2, 0) is 14.4 Å². The largest absolute Gasteiger partial charge is 0.493 e. The van der Waals surface area contributed by atoms with E-state index in [9.17, 15) is 14.4 Å². The number of nitrogens with zero attached hydrogens (tertiary/aromatic N) is 1. The van der Waals surface area contributed by atoms with Gasteiger partial charge in [0.2, 0.25) is 17.7 Å². The van der Waals surface area contributed by atoms with Gasteiger partial charge >= 0.3 is 0 Å². The van der Waals surface area contributed by atoms with Crippen LogP contribution < -0.4 is 15.4 Å². The molecule has 0 atom stereocenters. The maximum atomic E-state index is 12.7. The van der Waals surface area contributed by atoms with Crippen LogP contribution >= 0.6 is 11.6 Å². The number of halogens is 1. The summed E-state index contributed by atoms with van der Waals surface area (Å²) in [6, 6.07) is 14.3. The highest BCUT2D eigenvalue weighted by molar-refractivity contribution is 6.31. The van der Waals surface area contributed by atoms with Gasteiger partial charge < -0.3 is 20.3 Å². The fourth-order valence-electron chi connectivity index (χ4n) is 3.48. The number of hydrogen-bond donors (Lipinski definition) is 2. The van der Waals surface area contributed by atoms with Crippen molar-refractivity contribution in [2.24, 2.45) is 5.92 Å². The summed E-state index contributed by atoms with van der Waals surface area (Å²) in [6.45, 7) is 2.77. The molecular weight excluding hydrogens is 418 g/mol. The lowest BCUT2D eigenvalue weighted by Crippen LogP contribution is -2.41. The number of piperidine rings is 1. The number of likely N-dealkylation sites (tertiary alicyclic amines) is 1. The van der Waals surface area contributed by atoms with Crippen molar-refractivity contribution in [3.05, 3.63) is 53.6 Å². The van der Waals surface area contributed by atoms with E-state index >= 15 is 0 Å². The number of hydrogen-bond acceptors (Lipinski definition) is 4. The van der Waals surface area contributed by atoms with E-state index in [0.29, 0.717) is 55.4 Å². The SMILES string of the molecule is CC(=O)Nc1ccc(Cl)cc1NC(=O)C1CCN(C(=O)CCOc2ccccc2)CC1. The van der Waals surface area contributed by atoms with Crippen molar-refractivity contribution >= 4 is 40.7 Å². The quantitative estimate of drug-likeness (QED) is 0.678. The first-order valence-electron chi connectivity index (χ1n) is 10.3. The fourth-order valence-corrected chi connectivity index (χ4v) is 3.65. The Kier molecular flexibility index (Phi) is 7.89. The molecule has 0 aromatic heterocycles. The molecule has 1 aliphatic rings. The highest BCUT2D eigenvalue weighted by Crippen LogP contribution is 2.28. The average Bonchev–Trinajstić information content (AvgIpc) is 2.76. The molecule has 0 saturated carbocycles. The van der Waals surface area contributed by atoms with E-state index in [1.807, 2.05) is 30.3 Å². The normalized spacial score (nSPS) is 14.1. The van der Waals surface area contributed by atoms with Gasteiger partial charge in [0.15, 0.2) is 0 Å². The summed E-state index contributed by atoms with van der Waals surface area (Å²) in [6.07, 6.45) is 1.45. The van der Waals surface area contributed by atoms with Crippen molar-refractivity contribution in [2.45, 2.75) is 26.2 Å². The van der Waals surface area contributed by atoms with Gasteiger partial charge in [0.1, 0.15) is 5.75 Å². The van der Waals surface area contributed by atoms with Gasteiger partial charge in [-0.3, -0.25) is 14.4 Å². The van der Waals surface area contributed by atoms with E-state index in [1.54, 1.807) is 23.1 Å². The minimum atomic E-state index is -0.235. The summed E-state index contributed by atoms with van der Waals surface area (Å²) in [5.74, 6) is 0.172. The molecule has 1 aliphatic heterocycles. The first-order valence-corrected chi connectivity index (χ1v) is 10.6. The molecule has 1 fully saturated rings. The molecule has 3 rings (SSSR count). The van der Waals surface area contributed by atoms with Crippen LogP contribution in [0.15, 0.2) is 48.5 Å². The number of carbonyl (C=O) groups excluding carboxylic acids is 3. The van der Waals surface area contributed by atoms with E-state index < -0.39 is 0 Å². The van der Waals surface area contributed by atoms with Crippen LogP contribution in [0.1, 0.15) is 26.2 Å². The summed E-state index contributed by atoms with van der Waals surface area (Å²) >= 11 is 6.04. The van der Waals surface area contributed by atoms with E-state index in [-0.39, 0.29) is 23.6 Å². The minimum absolute atomic E-state index is 0.0255. The van der Waals surface area contributed by atoms with Crippen LogP contribution in [0.3, 0.4) is 0 Å². The maximum Gasteiger partial charge on any atom is 0.227 e. The standard InChI is InChI=1S/C23H26ClN3O4/c1-16(28)25-20-8-7-18(24)15-21(20)26-23(30)17-9-12-27(13-10-17)22(29)11-14-31-19-5-3-2-4-6-19/h2-8,15,17H,9-14H2,1H3,(H,25,28)(H,26,30). The third kappa shape index (κ3) is 6.72. The number of para-hydroxylation sites is 1. The molecule has 2 N–H and O–H groups in total. The van der Waals surface area contributed by atoms with Gasteiger partial charge in [-0.1, -0.05) is 29.8 Å². The van der Waals surface area contributed by atoms with Crippen molar-refractivity contribution in [3.63, 3.8) is 0 Å². The first-order chi connectivity index (χ1) is 14.9. The summed E-state index contributed by atoms with van der Waals surface area (Å²) in [7, 11) is 0. The van der Waals surface area contributed by atoms with Crippen LogP contribution in [0.25, 0.3) is 0 Å². The number of ether oxygens (including phenoxy) is 1. The Morgan fingerprint density at radius 3 is 2.42 bits per heavy atom. The maximum absolute atomic E-state index is 12.7. The topological polar surface area (TPSA) is 87.7 Å². The molecule has 2 aromatic rings. The van der Waals surface area contributed by atoms with E-state index in [4.69, 9.17) is 16.3 Å². The van der Waals surface area contributed by atoms with Crippen molar-refractivity contribution in [1.29, 1.82) is 0 Å². The number of carbonyl (C=O) groups is 3. The van der Waals surface area contributed by atoms with Gasteiger partial charge in [-0.15, -0.1) is 0 Å². The Hall–Kier alpha value is -3.06. The summed E-state index contributed by atoms with van der Waals surface area (Å²) in [5, 5.41) is 6.01. The Morgan fingerprint density at radius 2 is 1.74 bits per heavy atom. The van der Waals surface area contributed by atoms with Gasteiger partial charge in [0.05, 0.1) is 24.4 Å². The highest BCUT2D eigenvalue weighted by atomic mass is 35.5. The third-order valence-corrected chi connectivity index (χ3v) is 5.33. The summed E-state index contributed by atoms with van der Waals surface area (Å²) in [5.41, 5.74) is 0.959. The lowest BCUT2D eigenvalue weighted by molar-refractivity contribution is -0.135. The number of benzene rings is 2. The number of anilines is 2. The van der Waals surface area contributed by atoms with E-state index in [0.717, 1.165) is 5.75 Å². The Bertz CT molecular complexity index is 928. The fraction of sp³-hybridized carbons (Fsp3) is 0.348. The van der Waals surface area contributed by atoms with Gasteiger partial charge in [0.25, 0.3) is 0 Å². The molecule has 0 bridgehead atoms. The zero-order valence-corrected chi connectivity index (χ0v) is 18.2. The van der Waals surface area contributed by atoms with Gasteiger partial charge in [-0.25, -0.2) is 0 Å². The van der Waals surface area contributed by atoms with Gasteiger partial charge in [-0.2, -0.15) is 0 Å². The number of rotatable bonds is 7. The number of nitrogens with one attached hydrogen (secondary N) is 2. The Balaban J connectivity index is 1.47. The smallest absolute Gasteiger partial charge is 0.227 e. The van der Waals surface area contributed by atoms with Crippen molar-refractivity contribution < 1.29 is 19.1 Å². The molecule has 1 heterocycles. The predicted octanol–water partition coefficient (Wildman–Crippen LogP) is 3.94. The lowest BCUT2D eigenvalue weighted by atomic mass is 9.95. The van der Waals surface area contributed by atoms with E-state index in [1.165, 1.54) is 6.92 Å².